The molecule has 1 N–H and O–H groups in total. The highest BCUT2D eigenvalue weighted by atomic mass is 16.5. The van der Waals surface area contributed by atoms with Gasteiger partial charge < -0.3 is 14.6 Å². The fourth-order valence-electron chi connectivity index (χ4n) is 2.65. The molecule has 6 nitrogen and oxygen atoms in total. The third-order valence-electron chi connectivity index (χ3n) is 4.06. The summed E-state index contributed by atoms with van der Waals surface area (Å²) in [6, 6.07) is 17.2. The van der Waals surface area contributed by atoms with Gasteiger partial charge in [0, 0.05) is 12.8 Å². The van der Waals surface area contributed by atoms with Crippen molar-refractivity contribution < 1.29 is 14.1 Å². The highest BCUT2D eigenvalue weighted by Gasteiger charge is 2.15. The molecule has 0 radical (unpaired) electrons. The first-order valence-corrected chi connectivity index (χ1v) is 8.47. The molecule has 1 aromatic heterocycles. The number of carbonyl (C=O) groups excluding carboxylic acids is 1. The lowest BCUT2D eigenvalue weighted by Gasteiger charge is -2.13. The maximum atomic E-state index is 12.2. The molecule has 2 aromatic carbocycles. The fourth-order valence-corrected chi connectivity index (χ4v) is 2.65. The largest absolute Gasteiger partial charge is 0.496 e. The van der Waals surface area contributed by atoms with E-state index >= 15 is 0 Å². The maximum Gasteiger partial charge on any atom is 0.227 e. The van der Waals surface area contributed by atoms with E-state index in [9.17, 15) is 4.79 Å². The zero-order chi connectivity index (χ0) is 18.4. The van der Waals surface area contributed by atoms with E-state index in [4.69, 9.17) is 9.26 Å². The first-order valence-electron chi connectivity index (χ1n) is 8.47. The van der Waals surface area contributed by atoms with Crippen molar-refractivity contribution in [1.29, 1.82) is 0 Å². The number of hydrogen-bond acceptors (Lipinski definition) is 5. The van der Waals surface area contributed by atoms with Gasteiger partial charge in [0.2, 0.25) is 17.6 Å². The second-order valence-electron chi connectivity index (χ2n) is 5.91. The van der Waals surface area contributed by atoms with E-state index in [1.807, 2.05) is 61.5 Å². The van der Waals surface area contributed by atoms with Gasteiger partial charge in [-0.15, -0.1) is 0 Å². The molecule has 26 heavy (non-hydrogen) atoms. The van der Waals surface area contributed by atoms with Crippen LogP contribution in [0.4, 0.5) is 0 Å². The Morgan fingerprint density at radius 1 is 1.15 bits per heavy atom. The summed E-state index contributed by atoms with van der Waals surface area (Å²) >= 11 is 0. The second kappa shape index (κ2) is 8.29. The summed E-state index contributed by atoms with van der Waals surface area (Å²) in [5, 5.41) is 6.96. The highest BCUT2D eigenvalue weighted by molar-refractivity contribution is 5.76. The Hall–Kier alpha value is -3.15. The molecule has 1 amide bonds. The van der Waals surface area contributed by atoms with Gasteiger partial charge in [-0.3, -0.25) is 4.79 Å². The van der Waals surface area contributed by atoms with Crippen molar-refractivity contribution in [3.8, 4) is 17.1 Å². The van der Waals surface area contributed by atoms with Crippen LogP contribution in [0.15, 0.2) is 59.1 Å². The first kappa shape index (κ1) is 17.7. The topological polar surface area (TPSA) is 77.2 Å². The minimum Gasteiger partial charge on any atom is -0.496 e. The van der Waals surface area contributed by atoms with Crippen LogP contribution in [0.1, 0.15) is 30.8 Å². The average Bonchev–Trinajstić information content (AvgIpc) is 3.16. The molecule has 0 saturated heterocycles. The summed E-state index contributed by atoms with van der Waals surface area (Å²) in [6.45, 7) is 1.96. The molecule has 1 unspecified atom stereocenters. The van der Waals surface area contributed by atoms with Gasteiger partial charge >= 0.3 is 0 Å². The minimum absolute atomic E-state index is 0.0458. The summed E-state index contributed by atoms with van der Waals surface area (Å²) < 4.78 is 10.6. The lowest BCUT2D eigenvalue weighted by Crippen LogP contribution is -2.26. The Balaban J connectivity index is 1.57. The predicted octanol–water partition coefficient (Wildman–Crippen LogP) is 3.56. The Labute approximate surface area is 152 Å². The normalized spacial score (nSPS) is 11.8. The van der Waals surface area contributed by atoms with Crippen LogP contribution in [-0.4, -0.2) is 23.2 Å². The van der Waals surface area contributed by atoms with Crippen molar-refractivity contribution in [3.05, 3.63) is 66.1 Å². The van der Waals surface area contributed by atoms with Crippen molar-refractivity contribution in [2.24, 2.45) is 0 Å². The number of methoxy groups -OCH3 is 1. The van der Waals surface area contributed by atoms with Crippen LogP contribution in [0.2, 0.25) is 0 Å². The Bertz CT molecular complexity index is 862. The van der Waals surface area contributed by atoms with Crippen LogP contribution in [0.3, 0.4) is 0 Å². The van der Waals surface area contributed by atoms with Gasteiger partial charge in [0.05, 0.1) is 18.7 Å². The lowest BCUT2D eigenvalue weighted by atomic mass is 10.1. The number of aryl methyl sites for hydroxylation is 1. The van der Waals surface area contributed by atoms with Crippen molar-refractivity contribution in [2.75, 3.05) is 7.11 Å². The summed E-state index contributed by atoms with van der Waals surface area (Å²) in [7, 11) is 1.60. The molecule has 6 heteroatoms. The average molecular weight is 351 g/mol. The number of nitrogens with one attached hydrogen (secondary N) is 1. The number of hydrogen-bond donors (Lipinski definition) is 1. The zero-order valence-corrected chi connectivity index (χ0v) is 14.8. The number of para-hydroxylation sites is 1. The maximum absolute atomic E-state index is 12.2. The highest BCUT2D eigenvalue weighted by Crippen LogP contribution is 2.27. The minimum atomic E-state index is -0.0570. The SMILES string of the molecule is COc1ccccc1-c1noc(CCC(=O)NC(C)c2ccccc2)n1. The van der Waals surface area contributed by atoms with Crippen LogP contribution in [-0.2, 0) is 11.2 Å². The van der Waals surface area contributed by atoms with Gasteiger partial charge in [0.25, 0.3) is 0 Å². The Morgan fingerprint density at radius 2 is 1.88 bits per heavy atom. The van der Waals surface area contributed by atoms with Crippen molar-refractivity contribution >= 4 is 5.91 Å². The van der Waals surface area contributed by atoms with E-state index < -0.39 is 0 Å². The van der Waals surface area contributed by atoms with Gasteiger partial charge in [-0.2, -0.15) is 4.98 Å². The molecule has 0 aliphatic heterocycles. The molecular weight excluding hydrogens is 330 g/mol. The predicted molar refractivity (Wildman–Crippen MR) is 97.6 cm³/mol. The van der Waals surface area contributed by atoms with Crippen molar-refractivity contribution in [2.45, 2.75) is 25.8 Å². The molecule has 0 aliphatic carbocycles. The van der Waals surface area contributed by atoms with Crippen LogP contribution in [0.5, 0.6) is 5.75 Å². The van der Waals surface area contributed by atoms with Crippen LogP contribution in [0, 0.1) is 0 Å². The second-order valence-corrected chi connectivity index (χ2v) is 5.91. The van der Waals surface area contributed by atoms with Gasteiger partial charge in [0.1, 0.15) is 5.75 Å². The third kappa shape index (κ3) is 4.27. The molecule has 0 fully saturated rings. The van der Waals surface area contributed by atoms with E-state index in [0.29, 0.717) is 23.9 Å². The van der Waals surface area contributed by atoms with Crippen LogP contribution in [0.25, 0.3) is 11.4 Å². The molecule has 0 spiro atoms. The summed E-state index contributed by atoms with van der Waals surface area (Å²) in [5.41, 5.74) is 1.82. The molecule has 0 saturated carbocycles. The molecule has 3 rings (SSSR count). The van der Waals surface area contributed by atoms with Crippen molar-refractivity contribution in [3.63, 3.8) is 0 Å². The first-order chi connectivity index (χ1) is 12.7. The third-order valence-corrected chi connectivity index (χ3v) is 4.06. The number of ether oxygens (including phenoxy) is 1. The molecule has 134 valence electrons. The monoisotopic (exact) mass is 351 g/mol. The Kier molecular flexibility index (Phi) is 5.63. The van der Waals surface area contributed by atoms with E-state index in [1.165, 1.54) is 0 Å². The van der Waals surface area contributed by atoms with Crippen molar-refractivity contribution in [1.82, 2.24) is 15.5 Å². The number of rotatable bonds is 7. The summed E-state index contributed by atoms with van der Waals surface area (Å²) in [6.07, 6.45) is 0.667. The molecule has 0 aliphatic rings. The van der Waals surface area contributed by atoms with Gasteiger partial charge in [-0.05, 0) is 24.6 Å². The quantitative estimate of drug-likeness (QED) is 0.704. The number of nitrogens with zero attached hydrogens (tertiary/aromatic N) is 2. The number of benzene rings is 2. The zero-order valence-electron chi connectivity index (χ0n) is 14.8. The molecule has 3 aromatic rings. The van der Waals surface area contributed by atoms with E-state index in [1.54, 1.807) is 7.11 Å². The fraction of sp³-hybridized carbons (Fsp3) is 0.250. The molecule has 0 bridgehead atoms. The smallest absolute Gasteiger partial charge is 0.227 e. The van der Waals surface area contributed by atoms with E-state index in [-0.39, 0.29) is 18.4 Å². The van der Waals surface area contributed by atoms with Gasteiger partial charge in [-0.25, -0.2) is 0 Å². The molecule has 1 atom stereocenters. The van der Waals surface area contributed by atoms with E-state index in [0.717, 1.165) is 11.1 Å². The van der Waals surface area contributed by atoms with Gasteiger partial charge in [-0.1, -0.05) is 47.6 Å². The summed E-state index contributed by atoms with van der Waals surface area (Å²) in [5.74, 6) is 1.50. The molecule has 1 heterocycles. The summed E-state index contributed by atoms with van der Waals surface area (Å²) in [4.78, 5) is 16.5. The van der Waals surface area contributed by atoms with Crippen LogP contribution >= 0.6 is 0 Å². The number of carbonyl (C=O) groups is 1. The number of amides is 1. The number of aromatic nitrogens is 2. The van der Waals surface area contributed by atoms with Gasteiger partial charge in [0.15, 0.2) is 0 Å². The Morgan fingerprint density at radius 3 is 2.65 bits per heavy atom. The van der Waals surface area contributed by atoms with Crippen LogP contribution < -0.4 is 10.1 Å². The standard InChI is InChI=1S/C20H21N3O3/c1-14(15-8-4-3-5-9-15)21-18(24)12-13-19-22-20(23-26-19)16-10-6-7-11-17(16)25-2/h3-11,14H,12-13H2,1-2H3,(H,21,24). The lowest BCUT2D eigenvalue weighted by molar-refractivity contribution is -0.121. The van der Waals surface area contributed by atoms with E-state index in [2.05, 4.69) is 15.5 Å². The molecular formula is C20H21N3O3.